The molecule has 6 heteroatoms. The zero-order chi connectivity index (χ0) is 11.5. The number of hydrogen-bond donors (Lipinski definition) is 1. The predicted octanol–water partition coefficient (Wildman–Crippen LogP) is 1.66. The van der Waals surface area contributed by atoms with E-state index in [0.717, 1.165) is 18.8 Å². The predicted molar refractivity (Wildman–Crippen MR) is 73.7 cm³/mol. The second kappa shape index (κ2) is 6.12. The van der Waals surface area contributed by atoms with E-state index >= 15 is 0 Å². The molecule has 1 aliphatic rings. The van der Waals surface area contributed by atoms with Gasteiger partial charge in [-0.05, 0) is 6.07 Å². The Bertz CT molecular complexity index is 402. The maximum absolute atomic E-state index is 12.2. The molecule has 1 atom stereocenters. The molecular weight excluding hydrogens is 258 g/mol. The highest BCUT2D eigenvalue weighted by molar-refractivity contribution is 7.99. The van der Waals surface area contributed by atoms with Gasteiger partial charge in [-0.2, -0.15) is 11.8 Å². The van der Waals surface area contributed by atoms with Crippen LogP contribution in [0.3, 0.4) is 0 Å². The van der Waals surface area contributed by atoms with Gasteiger partial charge in [-0.3, -0.25) is 9.78 Å². The van der Waals surface area contributed by atoms with Gasteiger partial charge in [-0.15, -0.1) is 12.4 Å². The van der Waals surface area contributed by atoms with Crippen molar-refractivity contribution >= 4 is 35.8 Å². The summed E-state index contributed by atoms with van der Waals surface area (Å²) in [6.45, 7) is 3.72. The fourth-order valence-electron chi connectivity index (χ4n) is 1.76. The number of thioether (sulfide) groups is 1. The molecule has 0 aromatic carbocycles. The molecule has 0 saturated carbocycles. The largest absolute Gasteiger partial charge is 0.398 e. The lowest BCUT2D eigenvalue weighted by Crippen LogP contribution is -2.41. The molecule has 1 aliphatic heterocycles. The fourth-order valence-corrected chi connectivity index (χ4v) is 2.77. The molecule has 1 saturated heterocycles. The molecule has 0 radical (unpaired) electrons. The van der Waals surface area contributed by atoms with E-state index < -0.39 is 0 Å². The lowest BCUT2D eigenvalue weighted by atomic mass is 10.2. The summed E-state index contributed by atoms with van der Waals surface area (Å²) < 4.78 is 0. The fraction of sp³-hybridized carbons (Fsp3) is 0.455. The van der Waals surface area contributed by atoms with Gasteiger partial charge in [0.2, 0.25) is 0 Å². The van der Waals surface area contributed by atoms with Crippen LogP contribution in [0, 0.1) is 0 Å². The maximum Gasteiger partial charge on any atom is 0.257 e. The van der Waals surface area contributed by atoms with Crippen LogP contribution in [-0.4, -0.2) is 39.9 Å². The highest BCUT2D eigenvalue weighted by Crippen LogP contribution is 2.20. The molecule has 1 unspecified atom stereocenters. The Balaban J connectivity index is 0.00000144. The van der Waals surface area contributed by atoms with E-state index in [9.17, 15) is 4.79 Å². The van der Waals surface area contributed by atoms with E-state index in [1.807, 2.05) is 16.7 Å². The molecule has 4 nitrogen and oxygen atoms in total. The Kier molecular flexibility index (Phi) is 5.08. The second-order valence-corrected chi connectivity index (χ2v) is 5.44. The van der Waals surface area contributed by atoms with Crippen molar-refractivity contribution in [2.75, 3.05) is 24.6 Å². The molecule has 2 rings (SSSR count). The van der Waals surface area contributed by atoms with Gasteiger partial charge in [-0.25, -0.2) is 0 Å². The minimum absolute atomic E-state index is 0. The number of anilines is 1. The number of amides is 1. The Hall–Kier alpha value is -0.940. The van der Waals surface area contributed by atoms with Gasteiger partial charge in [-0.1, -0.05) is 6.92 Å². The molecule has 0 bridgehead atoms. The quantitative estimate of drug-likeness (QED) is 0.846. The van der Waals surface area contributed by atoms with Crippen molar-refractivity contribution in [2.45, 2.75) is 12.2 Å². The first-order valence-electron chi connectivity index (χ1n) is 5.29. The number of halogens is 1. The normalized spacial score (nSPS) is 19.6. The van der Waals surface area contributed by atoms with Gasteiger partial charge in [0.05, 0.1) is 5.56 Å². The summed E-state index contributed by atoms with van der Waals surface area (Å²) in [5.74, 6) is 0.991. The summed E-state index contributed by atoms with van der Waals surface area (Å²) in [6.07, 6.45) is 3.14. The lowest BCUT2D eigenvalue weighted by molar-refractivity contribution is 0.0764. The molecule has 1 aromatic heterocycles. The van der Waals surface area contributed by atoms with E-state index in [-0.39, 0.29) is 18.3 Å². The van der Waals surface area contributed by atoms with Crippen molar-refractivity contribution < 1.29 is 4.79 Å². The van der Waals surface area contributed by atoms with Crippen molar-refractivity contribution in [2.24, 2.45) is 0 Å². The highest BCUT2D eigenvalue weighted by atomic mass is 35.5. The zero-order valence-corrected chi connectivity index (χ0v) is 11.3. The molecule has 1 amide bonds. The molecule has 2 N–H and O–H groups in total. The van der Waals surface area contributed by atoms with Crippen LogP contribution in [-0.2, 0) is 0 Å². The summed E-state index contributed by atoms with van der Waals surface area (Å²) in [4.78, 5) is 18.0. The first kappa shape index (κ1) is 14.1. The van der Waals surface area contributed by atoms with Crippen LogP contribution in [0.15, 0.2) is 18.5 Å². The van der Waals surface area contributed by atoms with Crippen LogP contribution in [0.25, 0.3) is 0 Å². The average molecular weight is 274 g/mol. The van der Waals surface area contributed by atoms with Gasteiger partial charge in [0.15, 0.2) is 0 Å². The average Bonchev–Trinajstić information content (AvgIpc) is 2.29. The SMILES string of the molecule is CC1CN(C(=O)c2cnccc2N)CCS1.Cl. The van der Waals surface area contributed by atoms with Crippen molar-refractivity contribution in [1.82, 2.24) is 9.88 Å². The van der Waals surface area contributed by atoms with E-state index in [2.05, 4.69) is 11.9 Å². The maximum atomic E-state index is 12.2. The number of hydrogen-bond acceptors (Lipinski definition) is 4. The van der Waals surface area contributed by atoms with Crippen LogP contribution < -0.4 is 5.73 Å². The van der Waals surface area contributed by atoms with E-state index in [1.165, 1.54) is 0 Å². The number of nitrogens with two attached hydrogens (primary N) is 1. The first-order valence-corrected chi connectivity index (χ1v) is 6.33. The van der Waals surface area contributed by atoms with Gasteiger partial charge >= 0.3 is 0 Å². The van der Waals surface area contributed by atoms with E-state index in [0.29, 0.717) is 16.5 Å². The van der Waals surface area contributed by atoms with Crippen molar-refractivity contribution in [3.05, 3.63) is 24.0 Å². The minimum Gasteiger partial charge on any atom is -0.398 e. The molecule has 1 fully saturated rings. The van der Waals surface area contributed by atoms with Crippen LogP contribution >= 0.6 is 24.2 Å². The van der Waals surface area contributed by atoms with Crippen molar-refractivity contribution in [3.8, 4) is 0 Å². The number of nitrogen functional groups attached to an aromatic ring is 1. The number of rotatable bonds is 1. The third-order valence-corrected chi connectivity index (χ3v) is 3.75. The topological polar surface area (TPSA) is 59.2 Å². The van der Waals surface area contributed by atoms with Gasteiger partial charge in [0, 0.05) is 42.2 Å². The lowest BCUT2D eigenvalue weighted by Gasteiger charge is -2.30. The Morgan fingerprint density at radius 3 is 3.06 bits per heavy atom. The molecule has 0 spiro atoms. The third kappa shape index (κ3) is 3.26. The molecular formula is C11H16ClN3OS. The zero-order valence-electron chi connectivity index (χ0n) is 9.63. The minimum atomic E-state index is -0.00208. The Morgan fingerprint density at radius 2 is 2.41 bits per heavy atom. The Morgan fingerprint density at radius 1 is 1.65 bits per heavy atom. The molecule has 2 heterocycles. The van der Waals surface area contributed by atoms with Crippen molar-refractivity contribution in [1.29, 1.82) is 0 Å². The smallest absolute Gasteiger partial charge is 0.257 e. The van der Waals surface area contributed by atoms with Gasteiger partial charge < -0.3 is 10.6 Å². The summed E-state index contributed by atoms with van der Waals surface area (Å²) in [5.41, 5.74) is 6.79. The molecule has 1 aromatic rings. The van der Waals surface area contributed by atoms with Crippen molar-refractivity contribution in [3.63, 3.8) is 0 Å². The van der Waals surface area contributed by atoms with Gasteiger partial charge in [0.1, 0.15) is 0 Å². The summed E-state index contributed by atoms with van der Waals surface area (Å²) in [5, 5.41) is 0.496. The summed E-state index contributed by atoms with van der Waals surface area (Å²) >= 11 is 1.90. The second-order valence-electron chi connectivity index (χ2n) is 3.90. The van der Waals surface area contributed by atoms with Crippen LogP contribution in [0.4, 0.5) is 5.69 Å². The number of carbonyl (C=O) groups excluding carboxylic acids is 1. The first-order chi connectivity index (χ1) is 7.68. The van der Waals surface area contributed by atoms with Crippen LogP contribution in [0.5, 0.6) is 0 Å². The van der Waals surface area contributed by atoms with Gasteiger partial charge in [0.25, 0.3) is 5.91 Å². The summed E-state index contributed by atoms with van der Waals surface area (Å²) in [7, 11) is 0. The highest BCUT2D eigenvalue weighted by Gasteiger charge is 2.23. The number of pyridine rings is 1. The Labute approximate surface area is 111 Å². The number of carbonyl (C=O) groups is 1. The monoisotopic (exact) mass is 273 g/mol. The summed E-state index contributed by atoms with van der Waals surface area (Å²) in [6, 6.07) is 1.66. The molecule has 94 valence electrons. The molecule has 0 aliphatic carbocycles. The standard InChI is InChI=1S/C11H15N3OS.ClH/c1-8-7-14(4-5-16-8)11(15)9-6-13-3-2-10(9)12;/h2-3,6,8H,4-5,7H2,1H3,(H2,12,13);1H. The van der Waals surface area contributed by atoms with E-state index in [1.54, 1.807) is 18.5 Å². The van der Waals surface area contributed by atoms with Crippen LogP contribution in [0.1, 0.15) is 17.3 Å². The van der Waals surface area contributed by atoms with E-state index in [4.69, 9.17) is 5.73 Å². The molecule has 17 heavy (non-hydrogen) atoms. The number of aromatic nitrogens is 1. The van der Waals surface area contributed by atoms with Crippen LogP contribution in [0.2, 0.25) is 0 Å². The number of nitrogens with zero attached hydrogens (tertiary/aromatic N) is 2. The third-order valence-electron chi connectivity index (χ3n) is 2.61.